The number of nitro benzene ring substituents is 2. The van der Waals surface area contributed by atoms with E-state index in [4.69, 9.17) is 4.74 Å². The molecule has 1 fully saturated rings. The molecule has 1 aliphatic heterocycles. The van der Waals surface area contributed by atoms with Gasteiger partial charge in [0.1, 0.15) is 5.75 Å². The van der Waals surface area contributed by atoms with Crippen molar-refractivity contribution in [2.45, 2.75) is 0 Å². The van der Waals surface area contributed by atoms with E-state index in [9.17, 15) is 20.2 Å². The average Bonchev–Trinajstić information content (AvgIpc) is 2.46. The first-order valence-electron chi connectivity index (χ1n) is 6.38. The number of methoxy groups -OCH3 is 1. The molecule has 21 heavy (non-hydrogen) atoms. The lowest BCUT2D eigenvalue weighted by Gasteiger charge is -2.33. The molecular formula is C12H16N4O5. The first-order valence-corrected chi connectivity index (χ1v) is 6.38. The minimum Gasteiger partial charge on any atom is -0.496 e. The van der Waals surface area contributed by atoms with Crippen molar-refractivity contribution in [2.24, 2.45) is 0 Å². The number of benzene rings is 1. The molecule has 1 aliphatic rings. The third kappa shape index (κ3) is 3.02. The van der Waals surface area contributed by atoms with Crippen LogP contribution >= 0.6 is 0 Å². The van der Waals surface area contributed by atoms with Crippen LogP contribution < -0.4 is 9.64 Å². The number of hydrogen-bond acceptors (Lipinski definition) is 7. The van der Waals surface area contributed by atoms with Crippen LogP contribution in [0.2, 0.25) is 0 Å². The van der Waals surface area contributed by atoms with Gasteiger partial charge in [0.15, 0.2) is 5.69 Å². The molecular weight excluding hydrogens is 280 g/mol. The van der Waals surface area contributed by atoms with Crippen LogP contribution in [-0.2, 0) is 0 Å². The lowest BCUT2D eigenvalue weighted by atomic mass is 10.1. The second-order valence-electron chi connectivity index (χ2n) is 4.82. The van der Waals surface area contributed by atoms with Gasteiger partial charge in [0.05, 0.1) is 29.1 Å². The van der Waals surface area contributed by atoms with Crippen LogP contribution in [0.15, 0.2) is 12.1 Å². The van der Waals surface area contributed by atoms with Gasteiger partial charge < -0.3 is 14.5 Å². The summed E-state index contributed by atoms with van der Waals surface area (Å²) in [6.07, 6.45) is 0. The first-order chi connectivity index (χ1) is 9.93. The fourth-order valence-electron chi connectivity index (χ4n) is 2.33. The van der Waals surface area contributed by atoms with Crippen LogP contribution in [0.5, 0.6) is 5.75 Å². The Morgan fingerprint density at radius 2 is 1.52 bits per heavy atom. The first kappa shape index (κ1) is 15.0. The minimum atomic E-state index is -0.608. The molecule has 114 valence electrons. The molecule has 2 rings (SSSR count). The van der Waals surface area contributed by atoms with Crippen LogP contribution in [0.4, 0.5) is 17.1 Å². The molecule has 1 saturated heterocycles. The highest BCUT2D eigenvalue weighted by Gasteiger charge is 2.32. The minimum absolute atomic E-state index is 0.0545. The predicted molar refractivity (Wildman–Crippen MR) is 76.0 cm³/mol. The standard InChI is InChI=1S/C12H16N4O5/c1-13-3-5-14(6-4-13)12-10(15(17)18)7-9(21-2)8-11(12)16(19)20/h7-8H,3-6H2,1-2H3. The summed E-state index contributed by atoms with van der Waals surface area (Å²) in [5, 5.41) is 22.5. The molecule has 0 unspecified atom stereocenters. The number of ether oxygens (including phenoxy) is 1. The Bertz CT molecular complexity index is 534. The highest BCUT2D eigenvalue weighted by molar-refractivity contribution is 5.77. The third-order valence-corrected chi connectivity index (χ3v) is 3.49. The zero-order chi connectivity index (χ0) is 15.6. The van der Waals surface area contributed by atoms with Crippen LogP contribution in [-0.4, -0.2) is 55.1 Å². The van der Waals surface area contributed by atoms with E-state index in [2.05, 4.69) is 4.90 Å². The third-order valence-electron chi connectivity index (χ3n) is 3.49. The Morgan fingerprint density at radius 3 is 1.90 bits per heavy atom. The normalized spacial score (nSPS) is 15.8. The molecule has 0 bridgehead atoms. The Morgan fingerprint density at radius 1 is 1.05 bits per heavy atom. The second kappa shape index (κ2) is 5.92. The monoisotopic (exact) mass is 296 g/mol. The molecule has 0 radical (unpaired) electrons. The number of likely N-dealkylation sites (N-methyl/N-ethyl adjacent to an activating group) is 1. The number of hydrogen-bond donors (Lipinski definition) is 0. The second-order valence-corrected chi connectivity index (χ2v) is 4.82. The average molecular weight is 296 g/mol. The van der Waals surface area contributed by atoms with Gasteiger partial charge in [-0.25, -0.2) is 0 Å². The van der Waals surface area contributed by atoms with E-state index in [-0.39, 0.29) is 22.8 Å². The Hall–Kier alpha value is -2.42. The van der Waals surface area contributed by atoms with Crippen LogP contribution in [0.25, 0.3) is 0 Å². The van der Waals surface area contributed by atoms with Crippen molar-refractivity contribution in [1.82, 2.24) is 4.90 Å². The van der Waals surface area contributed by atoms with E-state index in [0.29, 0.717) is 26.2 Å². The molecule has 0 aromatic heterocycles. The van der Waals surface area contributed by atoms with E-state index in [1.165, 1.54) is 19.2 Å². The molecule has 9 heteroatoms. The summed E-state index contributed by atoms with van der Waals surface area (Å²) in [6, 6.07) is 2.45. The summed E-state index contributed by atoms with van der Waals surface area (Å²) in [5.74, 6) is 0.103. The number of nitrogens with zero attached hydrogens (tertiary/aromatic N) is 4. The molecule has 0 atom stereocenters. The lowest BCUT2D eigenvalue weighted by molar-refractivity contribution is -0.392. The largest absolute Gasteiger partial charge is 0.496 e. The maximum atomic E-state index is 11.3. The summed E-state index contributed by atoms with van der Waals surface area (Å²) >= 11 is 0. The van der Waals surface area contributed by atoms with E-state index in [1.807, 2.05) is 7.05 Å². The zero-order valence-corrected chi connectivity index (χ0v) is 11.8. The maximum absolute atomic E-state index is 11.3. The molecule has 1 aromatic rings. The number of piperazine rings is 1. The van der Waals surface area contributed by atoms with Crippen LogP contribution in [0.1, 0.15) is 0 Å². The van der Waals surface area contributed by atoms with Gasteiger partial charge in [-0.05, 0) is 7.05 Å². The van der Waals surface area contributed by atoms with Gasteiger partial charge in [-0.15, -0.1) is 0 Å². The van der Waals surface area contributed by atoms with Crippen molar-refractivity contribution >= 4 is 17.1 Å². The summed E-state index contributed by atoms with van der Waals surface area (Å²) in [5.41, 5.74) is -0.546. The van der Waals surface area contributed by atoms with Gasteiger partial charge in [-0.3, -0.25) is 20.2 Å². The zero-order valence-electron chi connectivity index (χ0n) is 11.8. The summed E-state index contributed by atoms with van der Waals surface area (Å²) in [7, 11) is 3.26. The van der Waals surface area contributed by atoms with Crippen molar-refractivity contribution in [3.63, 3.8) is 0 Å². The Balaban J connectivity index is 2.55. The molecule has 1 aromatic carbocycles. The molecule has 0 spiro atoms. The molecule has 0 aliphatic carbocycles. The van der Waals surface area contributed by atoms with Crippen LogP contribution in [0.3, 0.4) is 0 Å². The molecule has 0 saturated carbocycles. The molecule has 9 nitrogen and oxygen atoms in total. The summed E-state index contributed by atoms with van der Waals surface area (Å²) in [6.45, 7) is 2.40. The fourth-order valence-corrected chi connectivity index (χ4v) is 2.33. The van der Waals surface area contributed by atoms with Gasteiger partial charge in [-0.2, -0.15) is 0 Å². The molecule has 0 amide bonds. The van der Waals surface area contributed by atoms with Gasteiger partial charge in [0, 0.05) is 26.2 Å². The van der Waals surface area contributed by atoms with Gasteiger partial charge in [0.25, 0.3) is 0 Å². The summed E-state index contributed by atoms with van der Waals surface area (Å²) < 4.78 is 4.92. The maximum Gasteiger partial charge on any atom is 0.303 e. The number of anilines is 1. The molecule has 1 heterocycles. The Kier molecular flexibility index (Phi) is 4.22. The van der Waals surface area contributed by atoms with Crippen molar-refractivity contribution in [2.75, 3.05) is 45.2 Å². The fraction of sp³-hybridized carbons (Fsp3) is 0.500. The van der Waals surface area contributed by atoms with Gasteiger partial charge in [-0.1, -0.05) is 0 Å². The number of rotatable bonds is 4. The van der Waals surface area contributed by atoms with Gasteiger partial charge >= 0.3 is 11.4 Å². The van der Waals surface area contributed by atoms with Crippen molar-refractivity contribution in [3.8, 4) is 5.75 Å². The van der Waals surface area contributed by atoms with Crippen LogP contribution in [0, 0.1) is 20.2 Å². The molecule has 0 N–H and O–H groups in total. The van der Waals surface area contributed by atoms with Crippen molar-refractivity contribution < 1.29 is 14.6 Å². The SMILES string of the molecule is COc1cc([N+](=O)[O-])c(N2CCN(C)CC2)c([N+](=O)[O-])c1. The lowest BCUT2D eigenvalue weighted by Crippen LogP contribution is -2.44. The van der Waals surface area contributed by atoms with Crippen molar-refractivity contribution in [3.05, 3.63) is 32.4 Å². The quantitative estimate of drug-likeness (QED) is 0.608. The van der Waals surface area contributed by atoms with E-state index in [1.54, 1.807) is 4.90 Å². The van der Waals surface area contributed by atoms with Gasteiger partial charge in [0.2, 0.25) is 0 Å². The van der Waals surface area contributed by atoms with E-state index in [0.717, 1.165) is 0 Å². The highest BCUT2D eigenvalue weighted by Crippen LogP contribution is 2.41. The van der Waals surface area contributed by atoms with Crippen molar-refractivity contribution in [1.29, 1.82) is 0 Å². The predicted octanol–water partition coefficient (Wildman–Crippen LogP) is 1.26. The van der Waals surface area contributed by atoms with E-state index < -0.39 is 9.85 Å². The highest BCUT2D eigenvalue weighted by atomic mass is 16.6. The summed E-state index contributed by atoms with van der Waals surface area (Å²) in [4.78, 5) is 25.1. The number of nitro groups is 2. The topological polar surface area (TPSA) is 102 Å². The Labute approximate surface area is 121 Å². The smallest absolute Gasteiger partial charge is 0.303 e. The van der Waals surface area contributed by atoms with E-state index >= 15 is 0 Å².